The third-order valence-corrected chi connectivity index (χ3v) is 8.09. The van der Waals surface area contributed by atoms with Crippen LogP contribution in [0.5, 0.6) is 0 Å². The van der Waals surface area contributed by atoms with Gasteiger partial charge in [0.15, 0.2) is 0 Å². The molecule has 2 unspecified atom stereocenters. The lowest BCUT2D eigenvalue weighted by Crippen LogP contribution is -2.50. The minimum Gasteiger partial charge on any atom is -0.354 e. The first-order chi connectivity index (χ1) is 16.8. The molecule has 0 N–H and O–H groups in total. The lowest BCUT2D eigenvalue weighted by molar-refractivity contribution is -0.132. The van der Waals surface area contributed by atoms with Crippen LogP contribution in [0.1, 0.15) is 31.2 Å². The third kappa shape index (κ3) is 3.08. The van der Waals surface area contributed by atoms with Crippen LogP contribution in [0, 0.1) is 5.92 Å². The SMILES string of the molecule is O=C1CCCc2cccc3cccc(c23)-c2cc3ncnc(c3cn2)N2CCC3CCN1C3C2. The minimum absolute atomic E-state index is 0.274. The summed E-state index contributed by atoms with van der Waals surface area (Å²) >= 11 is 0. The van der Waals surface area contributed by atoms with Crippen LogP contribution in [0.2, 0.25) is 0 Å². The van der Waals surface area contributed by atoms with E-state index in [1.165, 1.54) is 16.3 Å². The van der Waals surface area contributed by atoms with Crippen LogP contribution in [-0.4, -0.2) is 51.4 Å². The van der Waals surface area contributed by atoms with Gasteiger partial charge in [-0.1, -0.05) is 36.4 Å². The maximum atomic E-state index is 13.3. The second-order valence-electron chi connectivity index (χ2n) is 9.90. The van der Waals surface area contributed by atoms with E-state index in [1.807, 2.05) is 6.20 Å². The van der Waals surface area contributed by atoms with Crippen molar-refractivity contribution in [3.05, 3.63) is 60.6 Å². The number of carbonyl (C=O) groups excluding carboxylic acids is 1. The molecule has 2 aromatic heterocycles. The Morgan fingerprint density at radius 1 is 0.941 bits per heavy atom. The summed E-state index contributed by atoms with van der Waals surface area (Å²) in [6.07, 6.45) is 8.17. The Bertz CT molecular complexity index is 1430. The number of piperidine rings is 1. The van der Waals surface area contributed by atoms with Gasteiger partial charge in [0.05, 0.1) is 22.6 Å². The summed E-state index contributed by atoms with van der Waals surface area (Å²) in [5, 5.41) is 3.41. The van der Waals surface area contributed by atoms with Crippen molar-refractivity contribution in [2.45, 2.75) is 38.1 Å². The highest BCUT2D eigenvalue weighted by Gasteiger charge is 2.40. The Kier molecular flexibility index (Phi) is 4.54. The number of nitrogens with zero attached hydrogens (tertiary/aromatic N) is 5. The molecule has 0 aliphatic carbocycles. The van der Waals surface area contributed by atoms with E-state index in [0.29, 0.717) is 18.2 Å². The molecule has 2 fully saturated rings. The quantitative estimate of drug-likeness (QED) is 0.392. The molecule has 2 aromatic carbocycles. The molecule has 8 rings (SSSR count). The first-order valence-electron chi connectivity index (χ1n) is 12.4. The molecule has 2 saturated heterocycles. The highest BCUT2D eigenvalue weighted by Crippen LogP contribution is 2.37. The molecule has 34 heavy (non-hydrogen) atoms. The summed E-state index contributed by atoms with van der Waals surface area (Å²) < 4.78 is 0. The molecule has 4 aliphatic rings. The van der Waals surface area contributed by atoms with E-state index in [-0.39, 0.29) is 6.04 Å². The molecule has 6 heteroatoms. The minimum atomic E-state index is 0.274. The van der Waals surface area contributed by atoms with Gasteiger partial charge in [0.1, 0.15) is 12.1 Å². The molecule has 0 radical (unpaired) electrons. The van der Waals surface area contributed by atoms with E-state index in [4.69, 9.17) is 4.98 Å². The van der Waals surface area contributed by atoms with E-state index in [1.54, 1.807) is 6.33 Å². The van der Waals surface area contributed by atoms with Crippen molar-refractivity contribution in [3.63, 3.8) is 0 Å². The van der Waals surface area contributed by atoms with E-state index >= 15 is 0 Å². The molecule has 6 bridgehead atoms. The van der Waals surface area contributed by atoms with Crippen molar-refractivity contribution >= 4 is 33.4 Å². The smallest absolute Gasteiger partial charge is 0.222 e. The van der Waals surface area contributed by atoms with Gasteiger partial charge < -0.3 is 9.80 Å². The molecular weight excluding hydrogens is 422 g/mol. The normalized spacial score (nSPS) is 22.3. The number of pyridine rings is 1. The second kappa shape index (κ2) is 7.76. The Morgan fingerprint density at radius 3 is 2.76 bits per heavy atom. The average molecular weight is 450 g/mol. The molecule has 4 aromatic rings. The number of carbonyl (C=O) groups is 1. The van der Waals surface area contributed by atoms with E-state index in [2.05, 4.69) is 62.2 Å². The first kappa shape index (κ1) is 19.9. The zero-order valence-electron chi connectivity index (χ0n) is 19.2. The number of hydrogen-bond donors (Lipinski definition) is 0. The number of hydrogen-bond acceptors (Lipinski definition) is 5. The van der Waals surface area contributed by atoms with Gasteiger partial charge in [-0.05, 0) is 54.0 Å². The van der Waals surface area contributed by atoms with Crippen LogP contribution >= 0.6 is 0 Å². The second-order valence-corrected chi connectivity index (χ2v) is 9.90. The Balaban J connectivity index is 1.43. The number of aryl methyl sites for hydroxylation is 1. The van der Waals surface area contributed by atoms with Gasteiger partial charge in [-0.3, -0.25) is 9.78 Å². The Morgan fingerprint density at radius 2 is 1.82 bits per heavy atom. The van der Waals surface area contributed by atoms with Crippen LogP contribution in [0.25, 0.3) is 32.9 Å². The molecule has 2 atom stereocenters. The predicted molar refractivity (Wildman–Crippen MR) is 134 cm³/mol. The molecule has 170 valence electrons. The monoisotopic (exact) mass is 449 g/mol. The number of rotatable bonds is 0. The number of fused-ring (bicyclic) bond motifs is 4. The van der Waals surface area contributed by atoms with Gasteiger partial charge in [0.25, 0.3) is 0 Å². The van der Waals surface area contributed by atoms with Gasteiger partial charge in [0, 0.05) is 37.8 Å². The Hall–Kier alpha value is -3.54. The summed E-state index contributed by atoms with van der Waals surface area (Å²) in [6.45, 7) is 2.69. The number of amides is 1. The van der Waals surface area contributed by atoms with Gasteiger partial charge >= 0.3 is 0 Å². The van der Waals surface area contributed by atoms with E-state index in [9.17, 15) is 4.79 Å². The van der Waals surface area contributed by atoms with Crippen LogP contribution in [0.15, 0.2) is 55.0 Å². The van der Waals surface area contributed by atoms with Crippen molar-refractivity contribution in [3.8, 4) is 11.3 Å². The molecular formula is C28H27N5O. The van der Waals surface area contributed by atoms with Crippen LogP contribution < -0.4 is 4.90 Å². The van der Waals surface area contributed by atoms with E-state index < -0.39 is 0 Å². The van der Waals surface area contributed by atoms with Crippen LogP contribution in [0.3, 0.4) is 0 Å². The van der Waals surface area contributed by atoms with Gasteiger partial charge in [-0.25, -0.2) is 9.97 Å². The molecule has 6 nitrogen and oxygen atoms in total. The summed E-state index contributed by atoms with van der Waals surface area (Å²) in [4.78, 5) is 32.1. The number of benzene rings is 2. The maximum Gasteiger partial charge on any atom is 0.222 e. The standard InChI is InChI=1S/C28H27N5O/c34-26-9-3-7-20-5-1-4-19-6-2-8-21(27(19)20)23-14-24-22(15-29-23)28(31-17-30-24)32-12-10-18-11-13-33(26)25(18)16-32/h1-2,4-6,8,14-15,17-18,25H,3,7,9-13,16H2. The fourth-order valence-corrected chi connectivity index (χ4v) is 6.40. The molecule has 0 saturated carbocycles. The van der Waals surface area contributed by atoms with Crippen molar-refractivity contribution in [2.75, 3.05) is 24.5 Å². The highest BCUT2D eigenvalue weighted by atomic mass is 16.2. The fraction of sp³-hybridized carbons (Fsp3) is 0.357. The van der Waals surface area contributed by atoms with Gasteiger partial charge in [-0.2, -0.15) is 0 Å². The van der Waals surface area contributed by atoms with Gasteiger partial charge in [-0.15, -0.1) is 0 Å². The lowest BCUT2D eigenvalue weighted by atomic mass is 9.91. The largest absolute Gasteiger partial charge is 0.354 e. The molecule has 4 aliphatic heterocycles. The average Bonchev–Trinajstić information content (AvgIpc) is 3.30. The van der Waals surface area contributed by atoms with Crippen molar-refractivity contribution < 1.29 is 4.79 Å². The van der Waals surface area contributed by atoms with E-state index in [0.717, 1.165) is 73.3 Å². The number of aromatic nitrogens is 3. The zero-order valence-corrected chi connectivity index (χ0v) is 19.2. The topological polar surface area (TPSA) is 62.2 Å². The first-order valence-corrected chi connectivity index (χ1v) is 12.4. The van der Waals surface area contributed by atoms with Crippen LogP contribution in [0.4, 0.5) is 5.82 Å². The van der Waals surface area contributed by atoms with Gasteiger partial charge in [0.2, 0.25) is 5.91 Å². The maximum absolute atomic E-state index is 13.3. The van der Waals surface area contributed by atoms with Crippen LogP contribution in [-0.2, 0) is 11.2 Å². The Labute approximate surface area is 198 Å². The summed E-state index contributed by atoms with van der Waals surface area (Å²) in [5.41, 5.74) is 4.24. The number of anilines is 1. The lowest BCUT2D eigenvalue weighted by Gasteiger charge is -2.39. The van der Waals surface area contributed by atoms with Crippen molar-refractivity contribution in [2.24, 2.45) is 5.92 Å². The highest BCUT2D eigenvalue weighted by molar-refractivity contribution is 6.00. The predicted octanol–water partition coefficient (Wildman–Crippen LogP) is 4.61. The van der Waals surface area contributed by atoms with Crippen molar-refractivity contribution in [1.29, 1.82) is 0 Å². The molecule has 6 heterocycles. The fourth-order valence-electron chi connectivity index (χ4n) is 6.40. The third-order valence-electron chi connectivity index (χ3n) is 8.09. The summed E-state index contributed by atoms with van der Waals surface area (Å²) in [5.74, 6) is 1.84. The molecule has 1 amide bonds. The summed E-state index contributed by atoms with van der Waals surface area (Å²) in [7, 11) is 0. The zero-order chi connectivity index (χ0) is 22.6. The molecule has 0 spiro atoms. The van der Waals surface area contributed by atoms with Crippen molar-refractivity contribution in [1.82, 2.24) is 19.9 Å². The summed E-state index contributed by atoms with van der Waals surface area (Å²) in [6, 6.07) is 15.3.